The number of nitrogens with zero attached hydrogens (tertiary/aromatic N) is 6. The standard InChI is InChI=1S/C30H44N7O18P3S/c1-30(2,25(42)28(43)33-9-8-20(39)32-10-11-59-21(40)12-18(38)17-6-4-3-5-7-17)14-52-58(49,50)55-57(47,48)51-13-19-24(54-56(44,45)46)23(41)29(53-19)37-16-36-22-26(31)34-15-35-27(22)37/h3-7,15-16,18-19,23-25,29,38,41-42H,8-14H2,1-2H3,(H,32,39)(H,33,43)(H,47,48)(H,49,50)(H2,31,34,35)(H2,44,45,46)/p-4/t18?,19-,23-,24-,25+,29-/m1/s1. The van der Waals surface area contributed by atoms with Crippen molar-refractivity contribution in [1.82, 2.24) is 19.5 Å². The van der Waals surface area contributed by atoms with E-state index in [4.69, 9.17) is 15.0 Å². The fourth-order valence-electron chi connectivity index (χ4n) is 5.19. The molecule has 8 atom stereocenters. The predicted molar refractivity (Wildman–Crippen MR) is 197 cm³/mol. The second kappa shape index (κ2) is 20.5. The second-order valence-electron chi connectivity index (χ2n) is 13.2. The number of phosphoric acid groups is 3. The molecule has 3 aromatic rings. The van der Waals surface area contributed by atoms with E-state index in [1.807, 2.05) is 0 Å². The maximum atomic E-state index is 12.7. The fraction of sp³-hybridized carbons (Fsp3) is 0.533. The average Bonchev–Trinajstić information content (AvgIpc) is 3.71. The number of ether oxygens (including phenoxy) is 1. The lowest BCUT2D eigenvalue weighted by Crippen LogP contribution is -2.45. The molecule has 0 aliphatic carbocycles. The summed E-state index contributed by atoms with van der Waals surface area (Å²) < 4.78 is 61.4. The smallest absolute Gasteiger partial charge is 0.481 e. The summed E-state index contributed by atoms with van der Waals surface area (Å²) in [6.45, 7) is -0.166. The van der Waals surface area contributed by atoms with Crippen LogP contribution >= 0.6 is 35.2 Å². The monoisotopic (exact) mass is 911 g/mol. The molecule has 0 saturated carbocycles. The molecule has 1 saturated heterocycles. The van der Waals surface area contributed by atoms with Gasteiger partial charge >= 0.3 is 15.6 Å². The van der Waals surface area contributed by atoms with Crippen molar-refractivity contribution in [3.63, 3.8) is 0 Å². The number of aliphatic hydroxyl groups is 3. The first-order chi connectivity index (χ1) is 27.5. The first-order valence-corrected chi connectivity index (χ1v) is 22.5. The minimum absolute atomic E-state index is 0.0101. The number of fused-ring (bicyclic) bond motifs is 1. The molecular formula is C30H40N7O18P3S-4. The highest BCUT2D eigenvalue weighted by Crippen LogP contribution is 2.61. The molecule has 29 heteroatoms. The van der Waals surface area contributed by atoms with Crippen LogP contribution < -0.4 is 25.7 Å². The molecule has 4 rings (SSSR count). The summed E-state index contributed by atoms with van der Waals surface area (Å²) in [5.41, 5.74) is 4.69. The highest BCUT2D eigenvalue weighted by atomic mass is 32.2. The van der Waals surface area contributed by atoms with Gasteiger partial charge in [-0.05, 0) is 23.8 Å². The first-order valence-electron chi connectivity index (χ1n) is 17.1. The molecule has 1 aliphatic heterocycles. The lowest BCUT2D eigenvalue weighted by Gasteiger charge is -2.34. The Morgan fingerprint density at radius 3 is 2.41 bits per heavy atom. The third-order valence-electron chi connectivity index (χ3n) is 8.18. The van der Waals surface area contributed by atoms with E-state index in [-0.39, 0.29) is 47.2 Å². The van der Waals surface area contributed by atoms with Crippen molar-refractivity contribution in [3.05, 3.63) is 48.5 Å². The van der Waals surface area contributed by atoms with Crippen LogP contribution in [0.5, 0.6) is 0 Å². The van der Waals surface area contributed by atoms with Gasteiger partial charge in [0, 0.05) is 30.7 Å². The van der Waals surface area contributed by atoms with Crippen LogP contribution in [0.3, 0.4) is 0 Å². The van der Waals surface area contributed by atoms with Gasteiger partial charge in [-0.25, -0.2) is 24.1 Å². The number of carbonyl (C=O) groups excluding carboxylic acids is 1. The van der Waals surface area contributed by atoms with Crippen LogP contribution in [0.1, 0.15) is 44.6 Å². The zero-order valence-electron chi connectivity index (χ0n) is 31.0. The molecule has 328 valence electrons. The number of aliphatic hydroxyl groups excluding tert-OH is 3. The number of aliphatic imine (C=N–C) groups is 2. The van der Waals surface area contributed by atoms with Crippen LogP contribution in [-0.4, -0.2) is 118 Å². The molecule has 7 N–H and O–H groups in total. The maximum absolute atomic E-state index is 12.7. The normalized spacial score (nSPS) is 22.5. The van der Waals surface area contributed by atoms with E-state index in [1.54, 1.807) is 30.3 Å². The average molecular weight is 912 g/mol. The Balaban J connectivity index is 1.24. The third kappa shape index (κ3) is 14.4. The SMILES string of the molecule is CC(C)(COP(=O)(O)OP(=O)(O)OC[C@H]1O[C@@H](n2cnc3c(N)ncnc32)[C@H](O)[C@@H]1OP(=O)([O-])[O-])[C@@H](O)C([O-])=NCCC([O-])=NCCSC(=O)CC(O)c1ccccc1. The van der Waals surface area contributed by atoms with Gasteiger partial charge in [-0.15, -0.1) is 0 Å². The maximum Gasteiger partial charge on any atom is 0.481 e. The summed E-state index contributed by atoms with van der Waals surface area (Å²) >= 11 is 0.890. The number of rotatable bonds is 22. The van der Waals surface area contributed by atoms with Gasteiger partial charge in [0.25, 0.3) is 0 Å². The van der Waals surface area contributed by atoms with Crippen molar-refractivity contribution >= 4 is 69.1 Å². The van der Waals surface area contributed by atoms with Crippen LogP contribution in [0.25, 0.3) is 11.2 Å². The molecule has 0 radical (unpaired) electrons. The largest absolute Gasteiger partial charge is 0.862 e. The number of aromatic nitrogens is 4. The molecule has 59 heavy (non-hydrogen) atoms. The molecule has 1 fully saturated rings. The van der Waals surface area contributed by atoms with Crippen molar-refractivity contribution in [3.8, 4) is 0 Å². The summed E-state index contributed by atoms with van der Waals surface area (Å²) in [7, 11) is -17.0. The van der Waals surface area contributed by atoms with Crippen LogP contribution in [0.15, 0.2) is 53.0 Å². The quantitative estimate of drug-likeness (QED) is 0.0270. The van der Waals surface area contributed by atoms with E-state index in [9.17, 15) is 63.6 Å². The topological polar surface area (TPSA) is 402 Å². The van der Waals surface area contributed by atoms with E-state index in [0.29, 0.717) is 5.56 Å². The molecule has 0 bridgehead atoms. The van der Waals surface area contributed by atoms with Crippen molar-refractivity contribution < 1.29 is 86.2 Å². The van der Waals surface area contributed by atoms with E-state index < -0.39 is 97.2 Å². The molecular weight excluding hydrogens is 871 g/mol. The zero-order valence-corrected chi connectivity index (χ0v) is 34.5. The molecule has 1 aliphatic rings. The highest BCUT2D eigenvalue weighted by Gasteiger charge is 2.48. The number of benzene rings is 1. The minimum Gasteiger partial charge on any atom is -0.862 e. The van der Waals surface area contributed by atoms with Crippen LogP contribution in [0, 0.1) is 5.41 Å². The van der Waals surface area contributed by atoms with Crippen molar-refractivity contribution in [1.29, 1.82) is 0 Å². The summed E-state index contributed by atoms with van der Waals surface area (Å²) in [4.78, 5) is 74.4. The van der Waals surface area contributed by atoms with Crippen molar-refractivity contribution in [2.45, 2.75) is 63.4 Å². The predicted octanol–water partition coefficient (Wildman–Crippen LogP) is -2.19. The Bertz CT molecular complexity index is 2110. The minimum atomic E-state index is -5.84. The molecule has 1 aromatic carbocycles. The molecule has 2 aromatic heterocycles. The Labute approximate surface area is 339 Å². The fourth-order valence-corrected chi connectivity index (χ4v) is 8.69. The number of imidazole rings is 1. The van der Waals surface area contributed by atoms with Crippen LogP contribution in [-0.2, 0) is 41.1 Å². The van der Waals surface area contributed by atoms with Gasteiger partial charge in [-0.2, -0.15) is 4.31 Å². The Morgan fingerprint density at radius 1 is 1.05 bits per heavy atom. The first kappa shape index (κ1) is 48.4. The summed E-state index contributed by atoms with van der Waals surface area (Å²) in [6, 6.07) is 8.60. The number of nitrogen functional groups attached to an aromatic ring is 1. The lowest BCUT2D eigenvalue weighted by molar-refractivity contribution is -0.347. The number of phosphoric ester groups is 3. The van der Waals surface area contributed by atoms with Crippen molar-refractivity contribution in [2.24, 2.45) is 15.4 Å². The van der Waals surface area contributed by atoms with Gasteiger partial charge in [0.1, 0.15) is 30.2 Å². The van der Waals surface area contributed by atoms with Crippen LogP contribution in [0.2, 0.25) is 0 Å². The number of nitrogens with two attached hydrogens (primary N) is 1. The number of thioether (sulfide) groups is 1. The second-order valence-corrected chi connectivity index (χ2v) is 18.5. The van der Waals surface area contributed by atoms with Gasteiger partial charge in [0.2, 0.25) is 0 Å². The summed E-state index contributed by atoms with van der Waals surface area (Å²) in [5, 5.41) is 55.8. The molecule has 3 unspecified atom stereocenters. The van der Waals surface area contributed by atoms with Gasteiger partial charge in [-0.3, -0.25) is 18.4 Å². The molecule has 0 spiro atoms. The number of anilines is 1. The molecule has 25 nitrogen and oxygen atoms in total. The van der Waals surface area contributed by atoms with Gasteiger partial charge < -0.3 is 74.7 Å². The Morgan fingerprint density at radius 2 is 1.73 bits per heavy atom. The van der Waals surface area contributed by atoms with E-state index in [1.165, 1.54) is 13.8 Å². The lowest BCUT2D eigenvalue weighted by atomic mass is 9.87. The van der Waals surface area contributed by atoms with E-state index >= 15 is 0 Å². The Kier molecular flexibility index (Phi) is 16.8. The number of hydrogen-bond acceptors (Lipinski definition) is 23. The zero-order chi connectivity index (χ0) is 43.8. The number of hydrogen-bond donors (Lipinski definition) is 6. The summed E-state index contributed by atoms with van der Waals surface area (Å²) in [5.74, 6) is -1.71. The van der Waals surface area contributed by atoms with Gasteiger partial charge in [0.05, 0.1) is 39.6 Å². The third-order valence-corrected chi connectivity index (χ3v) is 12.1. The highest BCUT2D eigenvalue weighted by molar-refractivity contribution is 8.13. The van der Waals surface area contributed by atoms with E-state index in [0.717, 1.165) is 29.0 Å². The molecule has 0 amide bonds. The summed E-state index contributed by atoms with van der Waals surface area (Å²) in [6.07, 6.45) is -8.74. The van der Waals surface area contributed by atoms with Gasteiger partial charge in [0.15, 0.2) is 22.8 Å². The van der Waals surface area contributed by atoms with E-state index in [2.05, 4.69) is 38.3 Å². The molecule has 3 heterocycles. The van der Waals surface area contributed by atoms with Gasteiger partial charge in [-0.1, -0.05) is 55.9 Å². The Hall–Kier alpha value is -3.26. The van der Waals surface area contributed by atoms with Crippen molar-refractivity contribution in [2.75, 3.05) is 37.8 Å². The van der Waals surface area contributed by atoms with Crippen LogP contribution in [0.4, 0.5) is 5.82 Å². The number of carbonyl (C=O) groups is 1.